The number of ether oxygens (including phenoxy) is 2. The molecule has 6 nitrogen and oxygen atoms in total. The fourth-order valence-corrected chi connectivity index (χ4v) is 2.33. The number of methoxy groups -OCH3 is 1. The Morgan fingerprint density at radius 3 is 2.92 bits per heavy atom. The number of fused-ring (bicyclic) bond motifs is 1. The van der Waals surface area contributed by atoms with Gasteiger partial charge in [0.05, 0.1) is 12.8 Å². The van der Waals surface area contributed by atoms with Gasteiger partial charge in [-0.2, -0.15) is 0 Å². The molecule has 0 bridgehead atoms. The van der Waals surface area contributed by atoms with Crippen molar-refractivity contribution in [2.24, 2.45) is 0 Å². The molecule has 3 aromatic rings. The lowest BCUT2D eigenvalue weighted by molar-refractivity contribution is -0.123. The fourth-order valence-electron chi connectivity index (χ4n) is 2.33. The first-order valence-electron chi connectivity index (χ1n) is 7.71. The maximum atomic E-state index is 11.8. The van der Waals surface area contributed by atoms with E-state index in [9.17, 15) is 4.79 Å². The summed E-state index contributed by atoms with van der Waals surface area (Å²) >= 11 is 0. The molecule has 0 aliphatic carbocycles. The number of imidazole rings is 1. The zero-order chi connectivity index (χ0) is 16.8. The fraction of sp³-hybridized carbons (Fsp3) is 0.222. The third-order valence-corrected chi connectivity index (χ3v) is 3.53. The zero-order valence-corrected chi connectivity index (χ0v) is 13.4. The molecule has 0 atom stereocenters. The van der Waals surface area contributed by atoms with Crippen molar-refractivity contribution in [2.75, 3.05) is 20.3 Å². The highest BCUT2D eigenvalue weighted by Gasteiger charge is 2.05. The van der Waals surface area contributed by atoms with E-state index in [0.717, 1.165) is 11.3 Å². The number of aromatic nitrogens is 2. The molecule has 2 aromatic heterocycles. The second kappa shape index (κ2) is 7.50. The third kappa shape index (κ3) is 4.04. The SMILES string of the molecule is COc1cccc(OCC(=O)NCCc2cn3ccccc3n2)c1. The molecule has 0 aliphatic rings. The molecule has 6 heteroatoms. The van der Waals surface area contributed by atoms with Crippen molar-refractivity contribution in [3.05, 3.63) is 60.6 Å². The van der Waals surface area contributed by atoms with Gasteiger partial charge in [-0.3, -0.25) is 4.79 Å². The van der Waals surface area contributed by atoms with Crippen LogP contribution in [0.25, 0.3) is 5.65 Å². The number of amides is 1. The summed E-state index contributed by atoms with van der Waals surface area (Å²) in [5, 5.41) is 2.83. The molecule has 0 saturated heterocycles. The van der Waals surface area contributed by atoms with Crippen LogP contribution in [0, 0.1) is 0 Å². The van der Waals surface area contributed by atoms with E-state index in [1.165, 1.54) is 0 Å². The number of hydrogen-bond donors (Lipinski definition) is 1. The summed E-state index contributed by atoms with van der Waals surface area (Å²) in [6, 6.07) is 13.0. The van der Waals surface area contributed by atoms with Crippen molar-refractivity contribution in [3.8, 4) is 11.5 Å². The molecule has 124 valence electrons. The summed E-state index contributed by atoms with van der Waals surface area (Å²) in [5.74, 6) is 1.13. The first-order chi connectivity index (χ1) is 11.7. The van der Waals surface area contributed by atoms with Crippen LogP contribution in [0.4, 0.5) is 0 Å². The van der Waals surface area contributed by atoms with Gasteiger partial charge < -0.3 is 19.2 Å². The number of pyridine rings is 1. The third-order valence-electron chi connectivity index (χ3n) is 3.53. The summed E-state index contributed by atoms with van der Waals surface area (Å²) in [7, 11) is 1.59. The van der Waals surface area contributed by atoms with E-state index < -0.39 is 0 Å². The van der Waals surface area contributed by atoms with Crippen molar-refractivity contribution in [2.45, 2.75) is 6.42 Å². The van der Waals surface area contributed by atoms with Gasteiger partial charge in [-0.15, -0.1) is 0 Å². The normalized spacial score (nSPS) is 10.5. The molecule has 0 unspecified atom stereocenters. The second-order valence-electron chi connectivity index (χ2n) is 5.27. The van der Waals surface area contributed by atoms with Crippen LogP contribution in [0.1, 0.15) is 5.69 Å². The summed E-state index contributed by atoms with van der Waals surface area (Å²) in [4.78, 5) is 16.3. The van der Waals surface area contributed by atoms with E-state index in [4.69, 9.17) is 9.47 Å². The van der Waals surface area contributed by atoms with Crippen LogP contribution in [-0.2, 0) is 11.2 Å². The molecule has 0 spiro atoms. The topological polar surface area (TPSA) is 64.9 Å². The molecule has 2 heterocycles. The van der Waals surface area contributed by atoms with E-state index in [2.05, 4.69) is 10.3 Å². The number of hydrogen-bond acceptors (Lipinski definition) is 4. The van der Waals surface area contributed by atoms with Crippen LogP contribution in [0.3, 0.4) is 0 Å². The molecule has 1 N–H and O–H groups in total. The lowest BCUT2D eigenvalue weighted by Gasteiger charge is -2.08. The van der Waals surface area contributed by atoms with E-state index >= 15 is 0 Å². The van der Waals surface area contributed by atoms with Gasteiger partial charge in [-0.25, -0.2) is 4.98 Å². The Morgan fingerprint density at radius 2 is 2.08 bits per heavy atom. The van der Waals surface area contributed by atoms with Gasteiger partial charge in [-0.1, -0.05) is 12.1 Å². The predicted octanol–water partition coefficient (Wildman–Crippen LogP) is 2.08. The van der Waals surface area contributed by atoms with Crippen LogP contribution < -0.4 is 14.8 Å². The van der Waals surface area contributed by atoms with Gasteiger partial charge in [0, 0.05) is 31.4 Å². The minimum Gasteiger partial charge on any atom is -0.497 e. The number of carbonyl (C=O) groups is 1. The van der Waals surface area contributed by atoms with Crippen LogP contribution in [0.15, 0.2) is 54.9 Å². The molecule has 0 fully saturated rings. The maximum absolute atomic E-state index is 11.8. The highest BCUT2D eigenvalue weighted by molar-refractivity contribution is 5.77. The highest BCUT2D eigenvalue weighted by atomic mass is 16.5. The average molecular weight is 325 g/mol. The van der Waals surface area contributed by atoms with Crippen LogP contribution >= 0.6 is 0 Å². The number of carbonyl (C=O) groups excluding carboxylic acids is 1. The van der Waals surface area contributed by atoms with Gasteiger partial charge in [0.25, 0.3) is 5.91 Å². The standard InChI is InChI=1S/C18H19N3O3/c1-23-15-5-4-6-16(11-15)24-13-18(22)19-9-8-14-12-21-10-3-2-7-17(21)20-14/h2-7,10-12H,8-9,13H2,1H3,(H,19,22). The van der Waals surface area contributed by atoms with Gasteiger partial charge >= 0.3 is 0 Å². The maximum Gasteiger partial charge on any atom is 0.257 e. The molecule has 24 heavy (non-hydrogen) atoms. The zero-order valence-electron chi connectivity index (χ0n) is 13.4. The molecule has 1 aromatic carbocycles. The minimum atomic E-state index is -0.165. The first kappa shape index (κ1) is 15.9. The predicted molar refractivity (Wildman–Crippen MR) is 90.4 cm³/mol. The molecule has 0 saturated carbocycles. The molecule has 1 amide bonds. The Bertz CT molecular complexity index is 796. The summed E-state index contributed by atoms with van der Waals surface area (Å²) in [5.41, 5.74) is 1.84. The smallest absolute Gasteiger partial charge is 0.257 e. The monoisotopic (exact) mass is 325 g/mol. The molecule has 0 aliphatic heterocycles. The Hall–Kier alpha value is -3.02. The van der Waals surface area contributed by atoms with E-state index in [1.54, 1.807) is 19.2 Å². The number of nitrogens with one attached hydrogen (secondary N) is 1. The van der Waals surface area contributed by atoms with Gasteiger partial charge in [-0.05, 0) is 24.3 Å². The van der Waals surface area contributed by atoms with Gasteiger partial charge in [0.1, 0.15) is 17.1 Å². The van der Waals surface area contributed by atoms with Crippen LogP contribution in [0.5, 0.6) is 11.5 Å². The largest absolute Gasteiger partial charge is 0.497 e. The van der Waals surface area contributed by atoms with Crippen LogP contribution in [0.2, 0.25) is 0 Å². The minimum absolute atomic E-state index is 0.0294. The number of benzene rings is 1. The Kier molecular flexibility index (Phi) is 4.96. The Labute approximate surface area is 140 Å². The lowest BCUT2D eigenvalue weighted by Crippen LogP contribution is -2.30. The van der Waals surface area contributed by atoms with Crippen molar-refractivity contribution in [3.63, 3.8) is 0 Å². The quantitative estimate of drug-likeness (QED) is 0.722. The van der Waals surface area contributed by atoms with Crippen molar-refractivity contribution in [1.82, 2.24) is 14.7 Å². The Balaban J connectivity index is 1.43. The Morgan fingerprint density at radius 1 is 1.21 bits per heavy atom. The molecular weight excluding hydrogens is 306 g/mol. The van der Waals surface area contributed by atoms with Crippen molar-refractivity contribution < 1.29 is 14.3 Å². The second-order valence-corrected chi connectivity index (χ2v) is 5.27. The van der Waals surface area contributed by atoms with Gasteiger partial charge in [0.15, 0.2) is 6.61 Å². The van der Waals surface area contributed by atoms with E-state index in [1.807, 2.05) is 47.1 Å². The first-order valence-corrected chi connectivity index (χ1v) is 7.71. The molecular formula is C18H19N3O3. The lowest BCUT2D eigenvalue weighted by atomic mass is 10.3. The molecule has 3 rings (SSSR count). The summed E-state index contributed by atoms with van der Waals surface area (Å²) in [6.07, 6.45) is 4.59. The highest BCUT2D eigenvalue weighted by Crippen LogP contribution is 2.18. The number of rotatable bonds is 7. The van der Waals surface area contributed by atoms with Crippen molar-refractivity contribution in [1.29, 1.82) is 0 Å². The van der Waals surface area contributed by atoms with Gasteiger partial charge in [0.2, 0.25) is 0 Å². The summed E-state index contributed by atoms with van der Waals surface area (Å²) < 4.78 is 12.5. The molecule has 0 radical (unpaired) electrons. The van der Waals surface area contributed by atoms with E-state index in [0.29, 0.717) is 24.5 Å². The average Bonchev–Trinajstić information content (AvgIpc) is 3.03. The van der Waals surface area contributed by atoms with Crippen molar-refractivity contribution >= 4 is 11.6 Å². The summed E-state index contributed by atoms with van der Waals surface area (Å²) in [6.45, 7) is 0.489. The van der Waals surface area contributed by atoms with Crippen LogP contribution in [-0.4, -0.2) is 35.6 Å². The number of nitrogens with zero attached hydrogens (tertiary/aromatic N) is 2. The van der Waals surface area contributed by atoms with E-state index in [-0.39, 0.29) is 12.5 Å².